The molecule has 0 spiro atoms. The van der Waals surface area contributed by atoms with Gasteiger partial charge in [0.2, 0.25) is 5.91 Å². The number of aliphatic hydroxyl groups is 5. The molecule has 0 aliphatic carbocycles. The van der Waals surface area contributed by atoms with Crippen LogP contribution in [-0.4, -0.2) is 87.5 Å². The molecule has 66 heavy (non-hydrogen) atoms. The Morgan fingerprint density at radius 3 is 1.08 bits per heavy atom. The van der Waals surface area contributed by atoms with Crippen LogP contribution in [0.25, 0.3) is 0 Å². The van der Waals surface area contributed by atoms with Crippen molar-refractivity contribution in [2.45, 2.75) is 346 Å². The molecule has 0 aromatic rings. The topological polar surface area (TPSA) is 149 Å². The highest BCUT2D eigenvalue weighted by Gasteiger charge is 2.44. The molecule has 1 amide bonds. The molecule has 9 nitrogen and oxygen atoms in total. The fourth-order valence-electron chi connectivity index (χ4n) is 9.81. The van der Waals surface area contributed by atoms with Gasteiger partial charge in [0.15, 0.2) is 6.29 Å². The Hall–Kier alpha value is -0.810. The van der Waals surface area contributed by atoms with Crippen molar-refractivity contribution in [3.05, 3.63) is 0 Å². The Morgan fingerprint density at radius 2 is 0.758 bits per heavy atom. The van der Waals surface area contributed by atoms with Crippen molar-refractivity contribution in [3.8, 4) is 0 Å². The Labute approximate surface area is 408 Å². The van der Waals surface area contributed by atoms with Crippen LogP contribution in [0.4, 0.5) is 0 Å². The summed E-state index contributed by atoms with van der Waals surface area (Å²) in [6, 6.07) is -0.713. The molecule has 1 aliphatic rings. The molecule has 0 aromatic heterocycles. The van der Waals surface area contributed by atoms with Gasteiger partial charge in [0, 0.05) is 6.42 Å². The van der Waals surface area contributed by atoms with E-state index in [4.69, 9.17) is 9.47 Å². The van der Waals surface area contributed by atoms with Crippen LogP contribution < -0.4 is 5.32 Å². The van der Waals surface area contributed by atoms with E-state index in [2.05, 4.69) is 19.2 Å². The molecule has 1 aliphatic heterocycles. The number of ether oxygens (including phenoxy) is 2. The van der Waals surface area contributed by atoms with Crippen LogP contribution in [0.2, 0.25) is 0 Å². The number of amides is 1. The molecule has 7 atom stereocenters. The van der Waals surface area contributed by atoms with E-state index in [1.165, 1.54) is 238 Å². The number of carbonyl (C=O) groups is 1. The van der Waals surface area contributed by atoms with Crippen molar-refractivity contribution >= 4 is 5.91 Å². The quantitative estimate of drug-likeness (QED) is 0.0330. The molecule has 0 aromatic carbocycles. The summed E-state index contributed by atoms with van der Waals surface area (Å²) >= 11 is 0. The fraction of sp³-hybridized carbons (Fsp3) is 0.982. The monoisotopic (exact) mass is 940 g/mol. The second kappa shape index (κ2) is 47.8. The first-order valence-electron chi connectivity index (χ1n) is 29.2. The van der Waals surface area contributed by atoms with E-state index in [0.29, 0.717) is 12.8 Å². The van der Waals surface area contributed by atoms with E-state index in [9.17, 15) is 30.3 Å². The summed E-state index contributed by atoms with van der Waals surface area (Å²) < 4.78 is 11.3. The number of nitrogens with one attached hydrogen (secondary N) is 1. The molecule has 1 rings (SSSR count). The van der Waals surface area contributed by atoms with Gasteiger partial charge in [0.25, 0.3) is 0 Å². The summed E-state index contributed by atoms with van der Waals surface area (Å²) in [5.41, 5.74) is 0. The minimum absolute atomic E-state index is 0.131. The molecule has 394 valence electrons. The van der Waals surface area contributed by atoms with Gasteiger partial charge >= 0.3 is 0 Å². The first kappa shape index (κ1) is 63.2. The predicted molar refractivity (Wildman–Crippen MR) is 277 cm³/mol. The molecule has 6 N–H and O–H groups in total. The van der Waals surface area contributed by atoms with Crippen molar-refractivity contribution in [3.63, 3.8) is 0 Å². The third-order valence-corrected chi connectivity index (χ3v) is 14.5. The minimum atomic E-state index is -1.55. The van der Waals surface area contributed by atoms with Gasteiger partial charge in [-0.1, -0.05) is 284 Å². The lowest BCUT2D eigenvalue weighted by Gasteiger charge is -2.40. The van der Waals surface area contributed by atoms with Gasteiger partial charge in [0.1, 0.15) is 24.4 Å². The maximum atomic E-state index is 13.1. The van der Waals surface area contributed by atoms with E-state index in [-0.39, 0.29) is 12.5 Å². The summed E-state index contributed by atoms with van der Waals surface area (Å²) in [6.07, 6.45) is 50.0. The van der Waals surface area contributed by atoms with E-state index in [1.807, 2.05) is 0 Å². The van der Waals surface area contributed by atoms with Gasteiger partial charge in [-0.2, -0.15) is 0 Å². The molecule has 2 unspecified atom stereocenters. The zero-order valence-corrected chi connectivity index (χ0v) is 43.7. The molecule has 0 radical (unpaired) electrons. The summed E-state index contributed by atoms with van der Waals surface area (Å²) in [4.78, 5) is 13.1. The maximum Gasteiger partial charge on any atom is 0.220 e. The highest BCUT2D eigenvalue weighted by Crippen LogP contribution is 2.23. The molecule has 1 fully saturated rings. The van der Waals surface area contributed by atoms with Crippen LogP contribution in [0, 0.1) is 0 Å². The van der Waals surface area contributed by atoms with Crippen LogP contribution >= 0.6 is 0 Å². The van der Waals surface area contributed by atoms with Gasteiger partial charge in [-0.05, 0) is 12.8 Å². The molecule has 1 heterocycles. The van der Waals surface area contributed by atoms with E-state index in [1.54, 1.807) is 0 Å². The third kappa shape index (κ3) is 37.1. The van der Waals surface area contributed by atoms with Crippen molar-refractivity contribution in [2.24, 2.45) is 0 Å². The maximum absolute atomic E-state index is 13.1. The van der Waals surface area contributed by atoms with Crippen molar-refractivity contribution in [1.29, 1.82) is 0 Å². The van der Waals surface area contributed by atoms with Crippen LogP contribution in [0.5, 0.6) is 0 Å². The van der Waals surface area contributed by atoms with Crippen molar-refractivity contribution in [2.75, 3.05) is 13.2 Å². The summed E-state index contributed by atoms with van der Waals surface area (Å²) in [5, 5.41) is 54.6. The second-order valence-corrected chi connectivity index (χ2v) is 20.8. The number of unbranched alkanes of at least 4 members (excludes halogenated alkanes) is 41. The summed E-state index contributed by atoms with van der Waals surface area (Å²) in [6.45, 7) is 3.88. The normalized spacial score (nSPS) is 19.7. The lowest BCUT2D eigenvalue weighted by Crippen LogP contribution is -2.60. The lowest BCUT2D eigenvalue weighted by molar-refractivity contribution is -0.302. The number of hydrogen-bond donors (Lipinski definition) is 6. The highest BCUT2D eigenvalue weighted by atomic mass is 16.7. The average molecular weight is 941 g/mol. The van der Waals surface area contributed by atoms with Gasteiger partial charge in [0.05, 0.1) is 25.4 Å². The Morgan fingerprint density at radius 1 is 0.455 bits per heavy atom. The van der Waals surface area contributed by atoms with Crippen LogP contribution in [0.1, 0.15) is 303 Å². The van der Waals surface area contributed by atoms with Crippen LogP contribution in [0.15, 0.2) is 0 Å². The van der Waals surface area contributed by atoms with Gasteiger partial charge in [-0.3, -0.25) is 4.79 Å². The molecule has 0 saturated carbocycles. The number of hydrogen-bond acceptors (Lipinski definition) is 8. The molecule has 1 saturated heterocycles. The van der Waals surface area contributed by atoms with Crippen molar-refractivity contribution < 1.29 is 39.8 Å². The van der Waals surface area contributed by atoms with Crippen molar-refractivity contribution in [1.82, 2.24) is 5.32 Å². The molecular formula is C57H113NO8. The first-order valence-corrected chi connectivity index (χ1v) is 29.2. The van der Waals surface area contributed by atoms with Gasteiger partial charge in [-0.25, -0.2) is 0 Å². The van der Waals surface area contributed by atoms with Crippen LogP contribution in [-0.2, 0) is 14.3 Å². The molecule has 9 heteroatoms. The fourth-order valence-corrected chi connectivity index (χ4v) is 9.81. The largest absolute Gasteiger partial charge is 0.394 e. The SMILES string of the molecule is CCCCCCCCCCCCCCCCCCCCCCCCCCCCCCC(=O)N[C@@H](CO[C@@H]1O[C@H](CO)[C@H](O)C(O)C1O)[C@H](O)CCCCCCCCCCCCCCCCC. The second-order valence-electron chi connectivity index (χ2n) is 20.8. The van der Waals surface area contributed by atoms with Crippen LogP contribution in [0.3, 0.4) is 0 Å². The zero-order valence-electron chi connectivity index (χ0n) is 43.7. The minimum Gasteiger partial charge on any atom is -0.394 e. The third-order valence-electron chi connectivity index (χ3n) is 14.5. The van der Waals surface area contributed by atoms with E-state index < -0.39 is 49.5 Å². The summed E-state index contributed by atoms with van der Waals surface area (Å²) in [5.74, 6) is -0.136. The first-order chi connectivity index (χ1) is 32.3. The standard InChI is InChI=1S/C57H113NO8/c1-3-5-7-9-11-13-15-17-19-20-21-22-23-24-25-26-27-28-29-30-31-33-35-37-39-41-43-45-47-53(61)58-50(49-65-57-56(64)55(63)54(62)52(48-59)66-57)51(60)46-44-42-40-38-36-34-32-18-16-14-12-10-8-6-4-2/h50-52,54-57,59-60,62-64H,3-49H2,1-2H3,(H,58,61)/t50-,51+,52+,54-,55?,56?,57+/m0/s1. The van der Waals surface area contributed by atoms with Gasteiger partial charge < -0.3 is 40.3 Å². The number of carbonyl (C=O) groups excluding carboxylic acids is 1. The van der Waals surface area contributed by atoms with Gasteiger partial charge in [-0.15, -0.1) is 0 Å². The average Bonchev–Trinajstić information content (AvgIpc) is 3.32. The lowest BCUT2D eigenvalue weighted by atomic mass is 9.99. The summed E-state index contributed by atoms with van der Waals surface area (Å²) in [7, 11) is 0. The van der Waals surface area contributed by atoms with E-state index >= 15 is 0 Å². The Kier molecular flexibility index (Phi) is 45.8. The Balaban J connectivity index is 2.13. The Bertz CT molecular complexity index is 1000. The highest BCUT2D eigenvalue weighted by molar-refractivity contribution is 5.76. The van der Waals surface area contributed by atoms with E-state index in [0.717, 1.165) is 38.5 Å². The molecular weight excluding hydrogens is 827 g/mol. The predicted octanol–water partition coefficient (Wildman–Crippen LogP) is 14.2. The zero-order chi connectivity index (χ0) is 48.0. The number of rotatable bonds is 51. The molecule has 0 bridgehead atoms. The smallest absolute Gasteiger partial charge is 0.220 e. The number of aliphatic hydroxyl groups excluding tert-OH is 5.